The molecule has 0 fully saturated rings. The maximum absolute atomic E-state index is 11.2. The Hall–Kier alpha value is -2.09. The lowest BCUT2D eigenvalue weighted by molar-refractivity contribution is -0.384. The quantitative estimate of drug-likeness (QED) is 0.455. The highest BCUT2D eigenvalue weighted by atomic mass is 35.5. The lowest BCUT2D eigenvalue weighted by Crippen LogP contribution is -2.01. The van der Waals surface area contributed by atoms with Crippen molar-refractivity contribution in [3.8, 4) is 0 Å². The van der Waals surface area contributed by atoms with Gasteiger partial charge in [0.25, 0.3) is 5.69 Å². The molecule has 0 aliphatic rings. The van der Waals surface area contributed by atoms with Crippen molar-refractivity contribution in [3.05, 3.63) is 74.2 Å². The lowest BCUT2D eigenvalue weighted by atomic mass is 10.2. The molecule has 2 aromatic carbocycles. The van der Waals surface area contributed by atoms with Crippen molar-refractivity contribution in [3.63, 3.8) is 0 Å². The summed E-state index contributed by atoms with van der Waals surface area (Å²) in [6.07, 6.45) is 1.66. The van der Waals surface area contributed by atoms with E-state index in [4.69, 9.17) is 11.6 Å². The van der Waals surface area contributed by atoms with E-state index in [2.05, 4.69) is 10.3 Å². The van der Waals surface area contributed by atoms with Gasteiger partial charge < -0.3 is 5.32 Å². The third-order valence-corrected chi connectivity index (χ3v) is 5.23. The van der Waals surface area contributed by atoms with Crippen molar-refractivity contribution < 1.29 is 4.92 Å². The summed E-state index contributed by atoms with van der Waals surface area (Å²) in [5.41, 5.74) is 0.522. The monoisotopic (exact) mass is 377 g/mol. The summed E-state index contributed by atoms with van der Waals surface area (Å²) in [6, 6.07) is 14.9. The zero-order chi connectivity index (χ0) is 16.9. The molecule has 0 unspecified atom stereocenters. The largest absolute Gasteiger partial charge is 0.375 e. The molecule has 0 amide bonds. The van der Waals surface area contributed by atoms with E-state index < -0.39 is 0 Å². The Morgan fingerprint density at radius 2 is 2.00 bits per heavy atom. The van der Waals surface area contributed by atoms with Gasteiger partial charge in [0.15, 0.2) is 4.47 Å². The van der Waals surface area contributed by atoms with Gasteiger partial charge in [-0.2, -0.15) is 0 Å². The fourth-order valence-corrected chi connectivity index (χ4v) is 3.85. The van der Waals surface area contributed by atoms with Gasteiger partial charge in [0.1, 0.15) is 5.69 Å². The zero-order valence-electron chi connectivity index (χ0n) is 12.3. The highest BCUT2D eigenvalue weighted by Gasteiger charge is 2.15. The summed E-state index contributed by atoms with van der Waals surface area (Å²) in [4.78, 5) is 17.7. The SMILES string of the molecule is O=[N+]([O-])c1ccc(Sc2ccccc2)cc1NCc1cnc(Cl)s1. The molecule has 0 spiro atoms. The van der Waals surface area contributed by atoms with Crippen molar-refractivity contribution in [1.29, 1.82) is 0 Å². The first kappa shape index (κ1) is 16.8. The minimum atomic E-state index is -0.390. The number of rotatable bonds is 6. The van der Waals surface area contributed by atoms with Crippen molar-refractivity contribution in [2.75, 3.05) is 5.32 Å². The second kappa shape index (κ2) is 7.65. The standard InChI is InChI=1S/C16H12ClN3O2S2/c17-16-19-10-13(24-16)9-18-14-8-12(6-7-15(14)20(21)22)23-11-4-2-1-3-5-11/h1-8,10,18H,9H2. The summed E-state index contributed by atoms with van der Waals surface area (Å²) in [5.74, 6) is 0. The second-order valence-electron chi connectivity index (χ2n) is 4.78. The average molecular weight is 378 g/mol. The number of thiazole rings is 1. The topological polar surface area (TPSA) is 68.1 Å². The number of hydrogen-bond acceptors (Lipinski definition) is 6. The molecular formula is C16H12ClN3O2S2. The molecule has 0 aliphatic heterocycles. The number of aromatic nitrogens is 1. The van der Waals surface area contributed by atoms with E-state index in [-0.39, 0.29) is 10.6 Å². The van der Waals surface area contributed by atoms with E-state index in [1.807, 2.05) is 30.3 Å². The summed E-state index contributed by atoms with van der Waals surface area (Å²) < 4.78 is 0.453. The van der Waals surface area contributed by atoms with E-state index in [0.29, 0.717) is 16.7 Å². The number of halogens is 1. The predicted molar refractivity (Wildman–Crippen MR) is 98.1 cm³/mol. The van der Waals surface area contributed by atoms with Crippen molar-refractivity contribution >= 4 is 46.1 Å². The molecule has 3 rings (SSSR count). The second-order valence-corrected chi connectivity index (χ2v) is 7.63. The summed E-state index contributed by atoms with van der Waals surface area (Å²) >= 11 is 8.71. The first-order valence-electron chi connectivity index (χ1n) is 6.97. The zero-order valence-corrected chi connectivity index (χ0v) is 14.7. The lowest BCUT2D eigenvalue weighted by Gasteiger charge is -2.08. The van der Waals surface area contributed by atoms with Gasteiger partial charge >= 0.3 is 0 Å². The molecule has 5 nitrogen and oxygen atoms in total. The minimum absolute atomic E-state index is 0.0445. The average Bonchev–Trinajstić information content (AvgIpc) is 2.99. The normalized spacial score (nSPS) is 10.5. The number of nitro groups is 1. The predicted octanol–water partition coefficient (Wildman–Crippen LogP) is 5.47. The highest BCUT2D eigenvalue weighted by molar-refractivity contribution is 7.99. The van der Waals surface area contributed by atoms with Gasteiger partial charge in [-0.15, -0.1) is 11.3 Å². The van der Waals surface area contributed by atoms with Crippen LogP contribution in [0.3, 0.4) is 0 Å². The fraction of sp³-hybridized carbons (Fsp3) is 0.0625. The molecular weight excluding hydrogens is 366 g/mol. The van der Waals surface area contributed by atoms with E-state index >= 15 is 0 Å². The van der Waals surface area contributed by atoms with Gasteiger partial charge in [-0.1, -0.05) is 41.6 Å². The number of benzene rings is 2. The van der Waals surface area contributed by atoms with E-state index in [9.17, 15) is 10.1 Å². The van der Waals surface area contributed by atoms with Crippen LogP contribution in [0.1, 0.15) is 4.88 Å². The molecule has 3 aromatic rings. The molecule has 122 valence electrons. The van der Waals surface area contributed by atoms with Gasteiger partial charge in [0.05, 0.1) is 11.5 Å². The Morgan fingerprint density at radius 1 is 1.21 bits per heavy atom. The van der Waals surface area contributed by atoms with Crippen LogP contribution in [-0.2, 0) is 6.54 Å². The van der Waals surface area contributed by atoms with Crippen LogP contribution in [0.15, 0.2) is 64.5 Å². The van der Waals surface area contributed by atoms with Crippen molar-refractivity contribution in [2.45, 2.75) is 16.3 Å². The molecule has 0 radical (unpaired) electrons. The van der Waals surface area contributed by atoms with Crippen molar-refractivity contribution in [1.82, 2.24) is 4.98 Å². The van der Waals surface area contributed by atoms with Crippen molar-refractivity contribution in [2.24, 2.45) is 0 Å². The fourth-order valence-electron chi connectivity index (χ4n) is 2.05. The Kier molecular flexibility index (Phi) is 5.34. The van der Waals surface area contributed by atoms with Crippen LogP contribution >= 0.6 is 34.7 Å². The molecule has 0 saturated heterocycles. The Labute approximate surface area is 151 Å². The van der Waals surface area contributed by atoms with Crippen LogP contribution in [0.2, 0.25) is 4.47 Å². The molecule has 1 heterocycles. The first-order valence-corrected chi connectivity index (χ1v) is 8.98. The number of nitrogens with zero attached hydrogens (tertiary/aromatic N) is 2. The third kappa shape index (κ3) is 4.25. The van der Waals surface area contributed by atoms with Gasteiger partial charge in [-0.3, -0.25) is 10.1 Å². The Morgan fingerprint density at radius 3 is 2.67 bits per heavy atom. The van der Waals surface area contributed by atoms with Crippen LogP contribution in [0.25, 0.3) is 0 Å². The molecule has 1 aromatic heterocycles. The van der Waals surface area contributed by atoms with Gasteiger partial charge in [-0.25, -0.2) is 4.98 Å². The number of nitro benzene ring substituents is 1. The van der Waals surface area contributed by atoms with Gasteiger partial charge in [0.2, 0.25) is 0 Å². The van der Waals surface area contributed by atoms with E-state index in [0.717, 1.165) is 14.7 Å². The van der Waals surface area contributed by atoms with Gasteiger partial charge in [0, 0.05) is 26.9 Å². The highest BCUT2D eigenvalue weighted by Crippen LogP contribution is 2.34. The third-order valence-electron chi connectivity index (χ3n) is 3.12. The molecule has 0 saturated carbocycles. The molecule has 0 aliphatic carbocycles. The summed E-state index contributed by atoms with van der Waals surface area (Å²) in [7, 11) is 0. The van der Waals surface area contributed by atoms with Crippen LogP contribution < -0.4 is 5.32 Å². The van der Waals surface area contributed by atoms with Crippen LogP contribution in [-0.4, -0.2) is 9.91 Å². The maximum Gasteiger partial charge on any atom is 0.292 e. The van der Waals surface area contributed by atoms with Gasteiger partial charge in [-0.05, 0) is 24.3 Å². The Bertz CT molecular complexity index is 856. The van der Waals surface area contributed by atoms with E-state index in [1.165, 1.54) is 17.4 Å². The molecule has 24 heavy (non-hydrogen) atoms. The molecule has 0 atom stereocenters. The van der Waals surface area contributed by atoms with Crippen LogP contribution in [0.4, 0.5) is 11.4 Å². The van der Waals surface area contributed by atoms with Crippen LogP contribution in [0, 0.1) is 10.1 Å². The molecule has 0 bridgehead atoms. The maximum atomic E-state index is 11.2. The summed E-state index contributed by atoms with van der Waals surface area (Å²) in [6.45, 7) is 0.435. The summed E-state index contributed by atoms with van der Waals surface area (Å²) in [5, 5.41) is 14.3. The minimum Gasteiger partial charge on any atom is -0.375 e. The van der Waals surface area contributed by atoms with E-state index in [1.54, 1.807) is 30.1 Å². The Balaban J connectivity index is 1.81. The number of hydrogen-bond donors (Lipinski definition) is 1. The number of anilines is 1. The number of nitrogens with one attached hydrogen (secondary N) is 1. The van der Waals surface area contributed by atoms with Crippen LogP contribution in [0.5, 0.6) is 0 Å². The molecule has 8 heteroatoms. The smallest absolute Gasteiger partial charge is 0.292 e. The first-order chi connectivity index (χ1) is 11.6. The molecule has 1 N–H and O–H groups in total.